The SMILES string of the molecule is Cc1ccc(Cn2cc(Br)c(NC(=O)c3ccc(Cl)c([N+](=O)[O-])c3)n2)cc1. The molecule has 3 aromatic rings. The number of nitrogens with one attached hydrogen (secondary N) is 1. The summed E-state index contributed by atoms with van der Waals surface area (Å²) in [6.45, 7) is 2.56. The molecule has 1 aromatic heterocycles. The molecule has 0 spiro atoms. The molecule has 0 aliphatic carbocycles. The zero-order valence-corrected chi connectivity index (χ0v) is 16.5. The maximum absolute atomic E-state index is 12.4. The van der Waals surface area contributed by atoms with Gasteiger partial charge in [0.2, 0.25) is 0 Å². The Labute approximate surface area is 168 Å². The molecule has 0 unspecified atom stereocenters. The van der Waals surface area contributed by atoms with E-state index in [9.17, 15) is 14.9 Å². The number of nitrogens with zero attached hydrogens (tertiary/aromatic N) is 3. The standard InChI is InChI=1S/C18H14BrClN4O3/c1-11-2-4-12(5-3-11)9-23-10-14(19)17(22-23)21-18(25)13-6-7-15(20)16(8-13)24(26)27/h2-8,10H,9H2,1H3,(H,21,22,25). The van der Waals surface area contributed by atoms with Crippen molar-refractivity contribution in [2.75, 3.05) is 5.32 Å². The van der Waals surface area contributed by atoms with Gasteiger partial charge in [-0.3, -0.25) is 19.6 Å². The maximum atomic E-state index is 12.4. The van der Waals surface area contributed by atoms with E-state index >= 15 is 0 Å². The molecular weight excluding hydrogens is 436 g/mol. The van der Waals surface area contributed by atoms with Crippen molar-refractivity contribution in [3.63, 3.8) is 0 Å². The molecule has 138 valence electrons. The van der Waals surface area contributed by atoms with Gasteiger partial charge in [0, 0.05) is 17.8 Å². The van der Waals surface area contributed by atoms with E-state index in [1.165, 1.54) is 17.7 Å². The molecular formula is C18H14BrClN4O3. The monoisotopic (exact) mass is 448 g/mol. The Balaban J connectivity index is 1.77. The molecule has 9 heteroatoms. The summed E-state index contributed by atoms with van der Waals surface area (Å²) in [6.07, 6.45) is 1.75. The molecule has 0 aliphatic heterocycles. The number of nitro benzene ring substituents is 1. The topological polar surface area (TPSA) is 90.1 Å². The van der Waals surface area contributed by atoms with Crippen molar-refractivity contribution in [1.29, 1.82) is 0 Å². The van der Waals surface area contributed by atoms with Gasteiger partial charge in [0.05, 0.1) is 15.9 Å². The fourth-order valence-electron chi connectivity index (χ4n) is 2.42. The zero-order valence-electron chi connectivity index (χ0n) is 14.1. The van der Waals surface area contributed by atoms with Gasteiger partial charge in [-0.05, 0) is 40.5 Å². The van der Waals surface area contributed by atoms with Crippen molar-refractivity contribution in [3.8, 4) is 0 Å². The molecule has 1 N–H and O–H groups in total. The summed E-state index contributed by atoms with van der Waals surface area (Å²) in [6, 6.07) is 11.9. The predicted molar refractivity (Wildman–Crippen MR) is 106 cm³/mol. The Kier molecular flexibility index (Phi) is 5.57. The van der Waals surface area contributed by atoms with Gasteiger partial charge >= 0.3 is 0 Å². The Hall–Kier alpha value is -2.71. The number of anilines is 1. The summed E-state index contributed by atoms with van der Waals surface area (Å²) >= 11 is 9.14. The number of carbonyl (C=O) groups excluding carboxylic acids is 1. The van der Waals surface area contributed by atoms with Gasteiger partial charge in [-0.1, -0.05) is 41.4 Å². The third kappa shape index (κ3) is 4.53. The van der Waals surface area contributed by atoms with Crippen molar-refractivity contribution in [2.24, 2.45) is 0 Å². The van der Waals surface area contributed by atoms with E-state index in [2.05, 4.69) is 26.3 Å². The second kappa shape index (κ2) is 7.89. The quantitative estimate of drug-likeness (QED) is 0.447. The van der Waals surface area contributed by atoms with Crippen LogP contribution in [-0.2, 0) is 6.54 Å². The van der Waals surface area contributed by atoms with Crippen LogP contribution in [0.25, 0.3) is 0 Å². The van der Waals surface area contributed by atoms with Crippen LogP contribution in [0, 0.1) is 17.0 Å². The van der Waals surface area contributed by atoms with Crippen LogP contribution in [0.15, 0.2) is 53.1 Å². The van der Waals surface area contributed by atoms with Gasteiger partial charge in [0.25, 0.3) is 11.6 Å². The third-order valence-electron chi connectivity index (χ3n) is 3.82. The Morgan fingerprint density at radius 1 is 1.30 bits per heavy atom. The summed E-state index contributed by atoms with van der Waals surface area (Å²) in [7, 11) is 0. The highest BCUT2D eigenvalue weighted by Gasteiger charge is 2.18. The van der Waals surface area contributed by atoms with E-state index in [1.807, 2.05) is 31.2 Å². The van der Waals surface area contributed by atoms with E-state index in [4.69, 9.17) is 11.6 Å². The Bertz CT molecular complexity index is 1020. The average Bonchev–Trinajstić information content (AvgIpc) is 2.96. The highest BCUT2D eigenvalue weighted by atomic mass is 79.9. The van der Waals surface area contributed by atoms with Crippen LogP contribution in [0.1, 0.15) is 21.5 Å². The van der Waals surface area contributed by atoms with E-state index in [0.717, 1.165) is 11.6 Å². The van der Waals surface area contributed by atoms with Crippen LogP contribution in [0.2, 0.25) is 5.02 Å². The number of nitro groups is 1. The lowest BCUT2D eigenvalue weighted by atomic mass is 10.1. The summed E-state index contributed by atoms with van der Waals surface area (Å²) in [5.74, 6) is -0.194. The number of rotatable bonds is 5. The number of amides is 1. The minimum atomic E-state index is -0.634. The number of aryl methyl sites for hydroxylation is 1. The number of aromatic nitrogens is 2. The van der Waals surface area contributed by atoms with Crippen molar-refractivity contribution in [2.45, 2.75) is 13.5 Å². The first-order chi connectivity index (χ1) is 12.8. The van der Waals surface area contributed by atoms with E-state index in [-0.39, 0.29) is 16.3 Å². The van der Waals surface area contributed by atoms with Crippen molar-refractivity contribution >= 4 is 44.9 Å². The van der Waals surface area contributed by atoms with Gasteiger partial charge in [0.15, 0.2) is 5.82 Å². The molecule has 2 aromatic carbocycles. The lowest BCUT2D eigenvalue weighted by molar-refractivity contribution is -0.384. The number of hydrogen-bond donors (Lipinski definition) is 1. The molecule has 0 aliphatic rings. The molecule has 0 saturated heterocycles. The second-order valence-electron chi connectivity index (χ2n) is 5.89. The van der Waals surface area contributed by atoms with Gasteiger partial charge in [-0.25, -0.2) is 0 Å². The van der Waals surface area contributed by atoms with Crippen LogP contribution < -0.4 is 5.32 Å². The van der Waals surface area contributed by atoms with Gasteiger partial charge in [-0.15, -0.1) is 0 Å². The molecule has 0 bridgehead atoms. The minimum Gasteiger partial charge on any atom is -0.304 e. The molecule has 7 nitrogen and oxygen atoms in total. The molecule has 27 heavy (non-hydrogen) atoms. The first kappa shape index (κ1) is 19.1. The van der Waals surface area contributed by atoms with Gasteiger partial charge in [-0.2, -0.15) is 5.10 Å². The lowest BCUT2D eigenvalue weighted by Gasteiger charge is -2.04. The molecule has 0 saturated carbocycles. The fraction of sp³-hybridized carbons (Fsp3) is 0.111. The molecule has 1 amide bonds. The number of benzene rings is 2. The molecule has 0 atom stereocenters. The largest absolute Gasteiger partial charge is 0.304 e. The predicted octanol–water partition coefficient (Wildman–Crippen LogP) is 4.82. The zero-order chi connectivity index (χ0) is 19.6. The number of carbonyl (C=O) groups is 1. The Morgan fingerprint density at radius 3 is 2.67 bits per heavy atom. The van der Waals surface area contributed by atoms with Crippen molar-refractivity contribution in [3.05, 3.63) is 85.0 Å². The van der Waals surface area contributed by atoms with Crippen LogP contribution in [0.4, 0.5) is 11.5 Å². The first-order valence-electron chi connectivity index (χ1n) is 7.87. The minimum absolute atomic E-state index is 0.0277. The van der Waals surface area contributed by atoms with Crippen molar-refractivity contribution in [1.82, 2.24) is 9.78 Å². The molecule has 1 heterocycles. The summed E-state index contributed by atoms with van der Waals surface area (Å²) in [4.78, 5) is 22.8. The summed E-state index contributed by atoms with van der Waals surface area (Å²) in [5.41, 5.74) is 2.03. The molecule has 3 rings (SSSR count). The fourth-order valence-corrected chi connectivity index (χ4v) is 3.02. The Morgan fingerprint density at radius 2 is 2.00 bits per heavy atom. The lowest BCUT2D eigenvalue weighted by Crippen LogP contribution is -2.13. The highest BCUT2D eigenvalue weighted by molar-refractivity contribution is 9.10. The van der Waals surface area contributed by atoms with Gasteiger partial charge < -0.3 is 5.32 Å². The summed E-state index contributed by atoms with van der Waals surface area (Å²) < 4.78 is 2.29. The van der Waals surface area contributed by atoms with Crippen LogP contribution in [0.5, 0.6) is 0 Å². The van der Waals surface area contributed by atoms with E-state index < -0.39 is 10.8 Å². The normalized spacial score (nSPS) is 10.6. The second-order valence-corrected chi connectivity index (χ2v) is 7.15. The average molecular weight is 450 g/mol. The van der Waals surface area contributed by atoms with E-state index in [1.54, 1.807) is 10.9 Å². The smallest absolute Gasteiger partial charge is 0.288 e. The molecule has 0 fully saturated rings. The van der Waals surface area contributed by atoms with Crippen LogP contribution >= 0.6 is 27.5 Å². The molecule has 0 radical (unpaired) electrons. The van der Waals surface area contributed by atoms with Crippen LogP contribution in [0.3, 0.4) is 0 Å². The van der Waals surface area contributed by atoms with Gasteiger partial charge in [0.1, 0.15) is 5.02 Å². The van der Waals surface area contributed by atoms with Crippen molar-refractivity contribution < 1.29 is 9.72 Å². The third-order valence-corrected chi connectivity index (χ3v) is 4.72. The first-order valence-corrected chi connectivity index (χ1v) is 9.04. The van der Waals surface area contributed by atoms with Crippen LogP contribution in [-0.4, -0.2) is 20.6 Å². The maximum Gasteiger partial charge on any atom is 0.288 e. The summed E-state index contributed by atoms with van der Waals surface area (Å²) in [5, 5.41) is 17.9. The van der Waals surface area contributed by atoms with E-state index in [0.29, 0.717) is 16.8 Å². The number of halogens is 2. The number of hydrogen-bond acceptors (Lipinski definition) is 4. The highest BCUT2D eigenvalue weighted by Crippen LogP contribution is 2.26.